The molecule has 2 aromatic rings. The largest absolute Gasteiger partial charge is 0.508 e. The maximum atomic E-state index is 9.23. The van der Waals surface area contributed by atoms with Crippen LogP contribution in [0, 0.1) is 0 Å². The molecule has 1 atom stereocenters. The molecule has 0 aliphatic rings. The van der Waals surface area contributed by atoms with E-state index in [2.05, 4.69) is 4.98 Å². The normalized spacial score (nSPS) is 12.3. The second kappa shape index (κ2) is 4.77. The first-order valence-corrected chi connectivity index (χ1v) is 5.21. The molecule has 1 aromatic carbocycles. The predicted octanol–water partition coefficient (Wildman–Crippen LogP) is 1.88. The Kier molecular flexibility index (Phi) is 3.17. The third kappa shape index (κ3) is 2.20. The lowest BCUT2D eigenvalue weighted by Crippen LogP contribution is -2.14. The Morgan fingerprint density at radius 3 is 2.44 bits per heavy atom. The van der Waals surface area contributed by atoms with E-state index in [4.69, 9.17) is 5.73 Å². The van der Waals surface area contributed by atoms with Crippen LogP contribution >= 0.6 is 0 Å². The maximum Gasteiger partial charge on any atom is 0.115 e. The second-order valence-corrected chi connectivity index (χ2v) is 3.63. The average Bonchev–Trinajstić information content (AvgIpc) is 2.34. The van der Waals surface area contributed by atoms with Gasteiger partial charge in [-0.2, -0.15) is 0 Å². The minimum absolute atomic E-state index is 0.0850. The van der Waals surface area contributed by atoms with Gasteiger partial charge in [0.15, 0.2) is 0 Å². The summed E-state index contributed by atoms with van der Waals surface area (Å²) in [4.78, 5) is 4.31. The van der Waals surface area contributed by atoms with Gasteiger partial charge < -0.3 is 10.8 Å². The molecule has 2 rings (SSSR count). The van der Waals surface area contributed by atoms with Crippen molar-refractivity contribution < 1.29 is 5.11 Å². The number of hydrogen-bond acceptors (Lipinski definition) is 3. The molecule has 0 aliphatic heterocycles. The lowest BCUT2D eigenvalue weighted by molar-refractivity contribution is 0.475. The molecular weight excluding hydrogens is 200 g/mol. The molecule has 0 aliphatic carbocycles. The highest BCUT2D eigenvalue weighted by molar-refractivity contribution is 5.33. The second-order valence-electron chi connectivity index (χ2n) is 3.63. The lowest BCUT2D eigenvalue weighted by atomic mass is 9.95. The fourth-order valence-electron chi connectivity index (χ4n) is 1.72. The zero-order valence-electron chi connectivity index (χ0n) is 8.88. The molecule has 0 spiro atoms. The zero-order chi connectivity index (χ0) is 11.4. The van der Waals surface area contributed by atoms with Crippen molar-refractivity contribution >= 4 is 0 Å². The molecule has 1 heterocycles. The third-order valence-electron chi connectivity index (χ3n) is 2.58. The molecule has 1 unspecified atom stereocenters. The summed E-state index contributed by atoms with van der Waals surface area (Å²) in [5.41, 5.74) is 7.80. The lowest BCUT2D eigenvalue weighted by Gasteiger charge is -2.14. The van der Waals surface area contributed by atoms with Crippen LogP contribution in [0.15, 0.2) is 48.7 Å². The zero-order valence-corrected chi connectivity index (χ0v) is 8.88. The van der Waals surface area contributed by atoms with Gasteiger partial charge in [0.25, 0.3) is 0 Å². The quantitative estimate of drug-likeness (QED) is 0.820. The smallest absolute Gasteiger partial charge is 0.115 e. The van der Waals surface area contributed by atoms with Crippen LogP contribution in [0.25, 0.3) is 0 Å². The molecule has 0 fully saturated rings. The van der Waals surface area contributed by atoms with Crippen molar-refractivity contribution in [1.29, 1.82) is 0 Å². The maximum absolute atomic E-state index is 9.23. The van der Waals surface area contributed by atoms with Gasteiger partial charge in [-0.05, 0) is 29.8 Å². The standard InChI is InChI=1S/C13H14N2O/c14-9-12(13-3-1-2-8-15-13)10-4-6-11(16)7-5-10/h1-8,12,16H,9,14H2. The van der Waals surface area contributed by atoms with Crippen LogP contribution in [0.1, 0.15) is 17.2 Å². The average molecular weight is 214 g/mol. The number of pyridine rings is 1. The number of nitrogens with zero attached hydrogens (tertiary/aromatic N) is 1. The van der Waals surface area contributed by atoms with E-state index in [0.29, 0.717) is 6.54 Å². The van der Waals surface area contributed by atoms with Gasteiger partial charge in [-0.15, -0.1) is 0 Å². The number of phenolic OH excluding ortho intramolecular Hbond substituents is 1. The van der Waals surface area contributed by atoms with Crippen LogP contribution in [-0.4, -0.2) is 16.6 Å². The number of phenols is 1. The molecule has 1 aromatic heterocycles. The number of nitrogens with two attached hydrogens (primary N) is 1. The van der Waals surface area contributed by atoms with Gasteiger partial charge in [0.2, 0.25) is 0 Å². The molecule has 0 amide bonds. The van der Waals surface area contributed by atoms with Crippen molar-refractivity contribution in [2.45, 2.75) is 5.92 Å². The highest BCUT2D eigenvalue weighted by atomic mass is 16.3. The molecule has 0 saturated carbocycles. The summed E-state index contributed by atoms with van der Waals surface area (Å²) >= 11 is 0. The monoisotopic (exact) mass is 214 g/mol. The van der Waals surface area contributed by atoms with E-state index in [1.165, 1.54) is 0 Å². The van der Waals surface area contributed by atoms with Crippen LogP contribution in [0.2, 0.25) is 0 Å². The van der Waals surface area contributed by atoms with Crippen molar-refractivity contribution in [2.24, 2.45) is 5.73 Å². The minimum Gasteiger partial charge on any atom is -0.508 e. The Hall–Kier alpha value is -1.87. The molecule has 16 heavy (non-hydrogen) atoms. The van der Waals surface area contributed by atoms with Crippen LogP contribution < -0.4 is 5.73 Å². The molecule has 3 heteroatoms. The molecule has 82 valence electrons. The van der Waals surface area contributed by atoms with E-state index < -0.39 is 0 Å². The number of benzene rings is 1. The van der Waals surface area contributed by atoms with E-state index >= 15 is 0 Å². The first kappa shape index (κ1) is 10.6. The van der Waals surface area contributed by atoms with E-state index in [0.717, 1.165) is 11.3 Å². The van der Waals surface area contributed by atoms with E-state index in [-0.39, 0.29) is 11.7 Å². The van der Waals surface area contributed by atoms with Gasteiger partial charge in [0.1, 0.15) is 5.75 Å². The highest BCUT2D eigenvalue weighted by Crippen LogP contribution is 2.23. The first-order valence-electron chi connectivity index (χ1n) is 5.21. The third-order valence-corrected chi connectivity index (χ3v) is 2.58. The van der Waals surface area contributed by atoms with Gasteiger partial charge in [-0.1, -0.05) is 18.2 Å². The number of aromatic hydroxyl groups is 1. The Balaban J connectivity index is 2.33. The van der Waals surface area contributed by atoms with Crippen molar-refractivity contribution in [3.8, 4) is 5.75 Å². The number of aromatic nitrogens is 1. The molecular formula is C13H14N2O. The summed E-state index contributed by atoms with van der Waals surface area (Å²) in [5, 5.41) is 9.23. The van der Waals surface area contributed by atoms with Gasteiger partial charge in [0, 0.05) is 24.4 Å². The van der Waals surface area contributed by atoms with Gasteiger partial charge in [-0.3, -0.25) is 4.98 Å². The summed E-state index contributed by atoms with van der Waals surface area (Å²) in [6, 6.07) is 12.9. The fraction of sp³-hybridized carbons (Fsp3) is 0.154. The van der Waals surface area contributed by atoms with Crippen LogP contribution in [0.5, 0.6) is 5.75 Å². The minimum atomic E-state index is 0.0850. The summed E-state index contributed by atoms with van der Waals surface area (Å²) < 4.78 is 0. The summed E-state index contributed by atoms with van der Waals surface area (Å²) in [6.07, 6.45) is 1.76. The fourth-order valence-corrected chi connectivity index (χ4v) is 1.72. The van der Waals surface area contributed by atoms with E-state index in [9.17, 15) is 5.11 Å². The SMILES string of the molecule is NCC(c1ccc(O)cc1)c1ccccn1. The molecule has 0 saturated heterocycles. The number of rotatable bonds is 3. The van der Waals surface area contributed by atoms with Crippen LogP contribution in [0.4, 0.5) is 0 Å². The Bertz CT molecular complexity index is 439. The Morgan fingerprint density at radius 2 is 1.88 bits per heavy atom. The van der Waals surface area contributed by atoms with Crippen molar-refractivity contribution in [3.05, 3.63) is 59.9 Å². The van der Waals surface area contributed by atoms with Crippen LogP contribution in [-0.2, 0) is 0 Å². The Labute approximate surface area is 94.6 Å². The van der Waals surface area contributed by atoms with Crippen molar-refractivity contribution in [2.75, 3.05) is 6.54 Å². The summed E-state index contributed by atoms with van der Waals surface area (Å²) in [5.74, 6) is 0.349. The number of hydrogen-bond donors (Lipinski definition) is 2. The van der Waals surface area contributed by atoms with Crippen molar-refractivity contribution in [3.63, 3.8) is 0 Å². The molecule has 0 radical (unpaired) electrons. The molecule has 0 bridgehead atoms. The van der Waals surface area contributed by atoms with Gasteiger partial charge >= 0.3 is 0 Å². The molecule has 3 nitrogen and oxygen atoms in total. The van der Waals surface area contributed by atoms with E-state index in [1.54, 1.807) is 18.3 Å². The first-order chi connectivity index (χ1) is 7.81. The summed E-state index contributed by atoms with van der Waals surface area (Å²) in [7, 11) is 0. The Morgan fingerprint density at radius 1 is 1.12 bits per heavy atom. The molecule has 3 N–H and O–H groups in total. The van der Waals surface area contributed by atoms with Gasteiger partial charge in [0.05, 0.1) is 0 Å². The topological polar surface area (TPSA) is 59.1 Å². The highest BCUT2D eigenvalue weighted by Gasteiger charge is 2.12. The van der Waals surface area contributed by atoms with Gasteiger partial charge in [-0.25, -0.2) is 0 Å². The van der Waals surface area contributed by atoms with E-state index in [1.807, 2.05) is 30.3 Å². The summed E-state index contributed by atoms with van der Waals surface area (Å²) in [6.45, 7) is 0.502. The van der Waals surface area contributed by atoms with Crippen molar-refractivity contribution in [1.82, 2.24) is 4.98 Å². The predicted molar refractivity (Wildman–Crippen MR) is 63.2 cm³/mol. The van der Waals surface area contributed by atoms with Crippen LogP contribution in [0.3, 0.4) is 0 Å².